The molecule has 0 radical (unpaired) electrons. The van der Waals surface area contributed by atoms with Gasteiger partial charge in [0, 0.05) is 13.5 Å². The minimum absolute atomic E-state index is 0.0644. The minimum Gasteiger partial charge on any atom is -0.483 e. The zero-order valence-corrected chi connectivity index (χ0v) is 40.5. The molecule has 0 aromatic heterocycles. The predicted molar refractivity (Wildman–Crippen MR) is 255 cm³/mol. The molecule has 1 saturated heterocycles. The first kappa shape index (κ1) is 61.8. The second-order valence-corrected chi connectivity index (χ2v) is 17.7. The van der Waals surface area contributed by atoms with Crippen molar-refractivity contribution in [1.29, 1.82) is 0 Å². The fourth-order valence-corrected chi connectivity index (χ4v) is 8.94. The SMILES string of the molecule is C=O.CCCCCC(CCCCC)CCCCCCCCCC(CCCCCCCCCC(CCCCC)CCCCC)OC(=O)CCCN1CCCC1.CO.O=CO. The third kappa shape index (κ3) is 47.4. The Balaban J connectivity index is -0.00000420. The Morgan fingerprint density at radius 2 is 0.780 bits per heavy atom. The van der Waals surface area contributed by atoms with E-state index >= 15 is 0 Å². The van der Waals surface area contributed by atoms with Crippen LogP contribution in [0.5, 0.6) is 0 Å². The maximum Gasteiger partial charge on any atom is 0.306 e. The Hall–Kier alpha value is -1.47. The molecule has 0 atom stereocenters. The smallest absolute Gasteiger partial charge is 0.306 e. The molecule has 0 aromatic rings. The molecule has 0 saturated carbocycles. The van der Waals surface area contributed by atoms with Gasteiger partial charge in [0.05, 0.1) is 0 Å². The number of carboxylic acid groups (broad SMARTS) is 1. The summed E-state index contributed by atoms with van der Waals surface area (Å²) in [5.41, 5.74) is 0. The summed E-state index contributed by atoms with van der Waals surface area (Å²) in [5.74, 6) is 2.04. The first-order valence-electron chi connectivity index (χ1n) is 25.8. The number of carbonyl (C=O) groups is 3. The Bertz CT molecular complexity index is 729. The number of carbonyl (C=O) groups excluding carboxylic acids is 2. The molecule has 1 heterocycles. The van der Waals surface area contributed by atoms with Gasteiger partial charge in [-0.2, -0.15) is 0 Å². The van der Waals surface area contributed by atoms with Gasteiger partial charge >= 0.3 is 5.97 Å². The summed E-state index contributed by atoms with van der Waals surface area (Å²) < 4.78 is 6.16. The van der Waals surface area contributed by atoms with Crippen LogP contribution < -0.4 is 0 Å². The van der Waals surface area contributed by atoms with Gasteiger partial charge in [-0.15, -0.1) is 0 Å². The molecule has 354 valence electrons. The van der Waals surface area contributed by atoms with Gasteiger partial charge in [0.15, 0.2) is 0 Å². The number of unbranched alkanes of at least 4 members (excludes halogenated alkanes) is 20. The zero-order chi connectivity index (χ0) is 44.3. The summed E-state index contributed by atoms with van der Waals surface area (Å²) in [7, 11) is 1.00. The Morgan fingerprint density at radius 1 is 0.508 bits per heavy atom. The maximum atomic E-state index is 12.8. The lowest BCUT2D eigenvalue weighted by molar-refractivity contribution is -0.150. The first-order valence-corrected chi connectivity index (χ1v) is 25.8. The number of esters is 1. The molecule has 1 aliphatic rings. The van der Waals surface area contributed by atoms with E-state index in [1.54, 1.807) is 0 Å². The van der Waals surface area contributed by atoms with Gasteiger partial charge < -0.3 is 24.6 Å². The van der Waals surface area contributed by atoms with Gasteiger partial charge in [0.25, 0.3) is 6.47 Å². The molecular weight excluding hydrogens is 735 g/mol. The summed E-state index contributed by atoms with van der Waals surface area (Å²) in [6.45, 7) is 14.6. The fourth-order valence-electron chi connectivity index (χ4n) is 8.94. The molecule has 2 N–H and O–H groups in total. The second kappa shape index (κ2) is 54.5. The van der Waals surface area contributed by atoms with E-state index in [1.807, 2.05) is 6.79 Å². The normalized spacial score (nSPS) is 12.5. The Labute approximate surface area is 368 Å². The van der Waals surface area contributed by atoms with Crippen molar-refractivity contribution < 1.29 is 29.3 Å². The van der Waals surface area contributed by atoms with Crippen LogP contribution in [0.3, 0.4) is 0 Å². The highest BCUT2D eigenvalue weighted by Crippen LogP contribution is 2.26. The number of hydrogen-bond acceptors (Lipinski definition) is 6. The lowest BCUT2D eigenvalue weighted by atomic mass is 9.90. The summed E-state index contributed by atoms with van der Waals surface area (Å²) in [6.07, 6.45) is 51.3. The van der Waals surface area contributed by atoms with Crippen LogP contribution in [0.2, 0.25) is 0 Å². The molecular formula is C52H105NO6. The Morgan fingerprint density at radius 3 is 1.08 bits per heavy atom. The molecule has 1 fully saturated rings. The van der Waals surface area contributed by atoms with E-state index in [0.717, 1.165) is 44.8 Å². The standard InChI is InChI=1S/C49H97NO2.CH2O2.CH4O.CH2O/c1-5-9-23-34-46(35-24-10-6-2)38-27-19-15-13-17-21-29-40-48(52-49(51)42-33-45-50-43-31-32-44-50)41-30-22-18-14-16-20-28-39-47(36-25-11-7-3)37-26-12-8-4;2-1-3;2*1-2/h46-48H,5-45H2,1-4H3;1H,(H,2,3);2H,1H3;1H2. The lowest BCUT2D eigenvalue weighted by Crippen LogP contribution is -2.23. The quantitative estimate of drug-likeness (QED) is 0.0359. The van der Waals surface area contributed by atoms with Crippen molar-refractivity contribution in [1.82, 2.24) is 4.90 Å². The third-order valence-electron chi connectivity index (χ3n) is 12.5. The number of aliphatic hydroxyl groups excluding tert-OH is 1. The van der Waals surface area contributed by atoms with Crippen LogP contribution in [0.15, 0.2) is 0 Å². The van der Waals surface area contributed by atoms with Crippen LogP contribution in [-0.4, -0.2) is 67.2 Å². The minimum atomic E-state index is -0.250. The molecule has 0 spiro atoms. The van der Waals surface area contributed by atoms with E-state index in [4.69, 9.17) is 24.5 Å². The molecule has 1 aliphatic heterocycles. The molecule has 1 rings (SSSR count). The van der Waals surface area contributed by atoms with E-state index in [1.165, 1.54) is 231 Å². The summed E-state index contributed by atoms with van der Waals surface area (Å²) >= 11 is 0. The van der Waals surface area contributed by atoms with Crippen LogP contribution in [0.25, 0.3) is 0 Å². The highest BCUT2D eigenvalue weighted by molar-refractivity contribution is 5.69. The number of likely N-dealkylation sites (tertiary alicyclic amines) is 1. The molecule has 7 heteroatoms. The van der Waals surface area contributed by atoms with E-state index in [0.29, 0.717) is 6.42 Å². The molecule has 0 amide bonds. The number of hydrogen-bond donors (Lipinski definition) is 2. The molecule has 0 unspecified atom stereocenters. The zero-order valence-electron chi connectivity index (χ0n) is 40.5. The van der Waals surface area contributed by atoms with Crippen LogP contribution in [-0.2, 0) is 19.1 Å². The number of nitrogens with zero attached hydrogens (tertiary/aromatic N) is 1. The summed E-state index contributed by atoms with van der Waals surface area (Å²) in [5, 5.41) is 13.9. The van der Waals surface area contributed by atoms with Gasteiger partial charge in [-0.05, 0) is 76.4 Å². The van der Waals surface area contributed by atoms with E-state index in [-0.39, 0.29) is 18.5 Å². The largest absolute Gasteiger partial charge is 0.483 e. The lowest BCUT2D eigenvalue weighted by Gasteiger charge is -2.19. The van der Waals surface area contributed by atoms with Crippen molar-refractivity contribution in [2.45, 2.75) is 278 Å². The number of ether oxygens (including phenoxy) is 1. The average molecular weight is 840 g/mol. The van der Waals surface area contributed by atoms with Crippen molar-refractivity contribution in [3.63, 3.8) is 0 Å². The van der Waals surface area contributed by atoms with Gasteiger partial charge in [-0.25, -0.2) is 0 Å². The van der Waals surface area contributed by atoms with Crippen molar-refractivity contribution >= 4 is 19.2 Å². The molecule has 0 bridgehead atoms. The number of rotatable bonds is 41. The predicted octanol–water partition coefficient (Wildman–Crippen LogP) is 15.5. The highest BCUT2D eigenvalue weighted by atomic mass is 16.5. The van der Waals surface area contributed by atoms with Crippen LogP contribution >= 0.6 is 0 Å². The molecule has 7 nitrogen and oxygen atoms in total. The van der Waals surface area contributed by atoms with Gasteiger partial charge in [-0.3, -0.25) is 9.59 Å². The van der Waals surface area contributed by atoms with Gasteiger partial charge in [0.1, 0.15) is 12.9 Å². The molecule has 0 aliphatic carbocycles. The van der Waals surface area contributed by atoms with E-state index < -0.39 is 0 Å². The van der Waals surface area contributed by atoms with Crippen molar-refractivity contribution in [3.05, 3.63) is 0 Å². The Kier molecular flexibility index (Phi) is 57.2. The molecule has 0 aromatic carbocycles. The van der Waals surface area contributed by atoms with Crippen LogP contribution in [0.1, 0.15) is 272 Å². The van der Waals surface area contributed by atoms with E-state index in [9.17, 15) is 4.79 Å². The van der Waals surface area contributed by atoms with E-state index in [2.05, 4.69) is 32.6 Å². The van der Waals surface area contributed by atoms with Gasteiger partial charge in [0.2, 0.25) is 0 Å². The number of aliphatic hydroxyl groups is 1. The molecule has 59 heavy (non-hydrogen) atoms. The monoisotopic (exact) mass is 840 g/mol. The second-order valence-electron chi connectivity index (χ2n) is 17.7. The van der Waals surface area contributed by atoms with Crippen molar-refractivity contribution in [2.75, 3.05) is 26.7 Å². The van der Waals surface area contributed by atoms with Gasteiger partial charge in [-0.1, -0.05) is 220 Å². The maximum absolute atomic E-state index is 12.8. The third-order valence-corrected chi connectivity index (χ3v) is 12.5. The van der Waals surface area contributed by atoms with Crippen molar-refractivity contribution in [2.24, 2.45) is 11.8 Å². The van der Waals surface area contributed by atoms with Crippen molar-refractivity contribution in [3.8, 4) is 0 Å². The first-order chi connectivity index (χ1) is 29.0. The fraction of sp³-hybridized carbons (Fsp3) is 0.942. The topological polar surface area (TPSA) is 104 Å². The summed E-state index contributed by atoms with van der Waals surface area (Å²) in [6, 6.07) is 0. The summed E-state index contributed by atoms with van der Waals surface area (Å²) in [4.78, 5) is 31.7. The average Bonchev–Trinajstić information content (AvgIpc) is 3.77. The van der Waals surface area contributed by atoms with Crippen LogP contribution in [0, 0.1) is 11.8 Å². The highest BCUT2D eigenvalue weighted by Gasteiger charge is 2.16. The van der Waals surface area contributed by atoms with Crippen LogP contribution in [0.4, 0.5) is 0 Å².